The fourth-order valence-corrected chi connectivity index (χ4v) is 7.37. The molecule has 2 fully saturated rings. The smallest absolute Gasteiger partial charge is 0.253 e. The molecule has 0 spiro atoms. The van der Waals surface area contributed by atoms with Gasteiger partial charge in [0.05, 0.1) is 17.5 Å². The van der Waals surface area contributed by atoms with Crippen LogP contribution in [0.5, 0.6) is 0 Å². The van der Waals surface area contributed by atoms with E-state index in [-0.39, 0.29) is 28.7 Å². The van der Waals surface area contributed by atoms with Crippen LogP contribution in [0.15, 0.2) is 29.3 Å². The Hall–Kier alpha value is -1.54. The largest absolute Gasteiger partial charge is 0.339 e. The summed E-state index contributed by atoms with van der Waals surface area (Å²) in [5.41, 5.74) is 1.58. The maximum atomic E-state index is 12.6. The number of carbonyl (C=O) groups excluding carboxylic acids is 1. The molecule has 3 aliphatic heterocycles. The number of nitrogens with zero attached hydrogens (tertiary/aromatic N) is 2. The molecule has 3 heterocycles. The van der Waals surface area contributed by atoms with E-state index in [0.29, 0.717) is 5.56 Å². The van der Waals surface area contributed by atoms with Crippen molar-refractivity contribution in [3.8, 4) is 0 Å². The molecule has 1 N–H and O–H groups in total. The summed E-state index contributed by atoms with van der Waals surface area (Å²) in [4.78, 5) is 19.1. The number of nitrogens with one attached hydrogen (secondary N) is 1. The number of rotatable bonds is 2. The number of likely N-dealkylation sites (tertiary alicyclic amines) is 1. The standard InChI is InChI=1S/C18H23N3O3S2/c22-17(21-9-3-1-2-4-10-21)13-5-7-14(8-6-13)19-18-20-15-11-26(23,24)12-16(15)25-18/h5-8,15-16H,1-4,9-12H2,(H,19,20). The molecular weight excluding hydrogens is 370 g/mol. The Morgan fingerprint density at radius 3 is 2.42 bits per heavy atom. The van der Waals surface area contributed by atoms with Crippen molar-refractivity contribution in [1.29, 1.82) is 0 Å². The van der Waals surface area contributed by atoms with Crippen molar-refractivity contribution >= 4 is 38.4 Å². The minimum absolute atomic E-state index is 0.0337. The van der Waals surface area contributed by atoms with Gasteiger partial charge in [-0.2, -0.15) is 0 Å². The molecule has 0 aromatic heterocycles. The van der Waals surface area contributed by atoms with E-state index in [2.05, 4.69) is 10.3 Å². The van der Waals surface area contributed by atoms with Crippen molar-refractivity contribution in [2.75, 3.05) is 29.9 Å². The Bertz CT molecular complexity index is 813. The molecule has 2 saturated heterocycles. The molecule has 140 valence electrons. The first-order chi connectivity index (χ1) is 12.5. The molecule has 1 aromatic carbocycles. The van der Waals surface area contributed by atoms with Gasteiger partial charge >= 0.3 is 0 Å². The highest BCUT2D eigenvalue weighted by Gasteiger charge is 2.42. The lowest BCUT2D eigenvalue weighted by Gasteiger charge is -2.20. The molecule has 2 atom stereocenters. The average molecular weight is 394 g/mol. The molecule has 4 rings (SSSR count). The van der Waals surface area contributed by atoms with Crippen molar-refractivity contribution in [2.24, 2.45) is 4.99 Å². The minimum Gasteiger partial charge on any atom is -0.339 e. The first-order valence-electron chi connectivity index (χ1n) is 9.11. The van der Waals surface area contributed by atoms with E-state index in [1.807, 2.05) is 29.2 Å². The van der Waals surface area contributed by atoms with Gasteiger partial charge in [0, 0.05) is 29.6 Å². The van der Waals surface area contributed by atoms with Gasteiger partial charge in [0.2, 0.25) is 0 Å². The lowest BCUT2D eigenvalue weighted by molar-refractivity contribution is 0.0761. The third kappa shape index (κ3) is 3.91. The van der Waals surface area contributed by atoms with Crippen LogP contribution in [0.1, 0.15) is 36.0 Å². The molecule has 0 radical (unpaired) electrons. The summed E-state index contributed by atoms with van der Waals surface area (Å²) in [6.45, 7) is 1.69. The van der Waals surface area contributed by atoms with Crippen molar-refractivity contribution < 1.29 is 13.2 Å². The SMILES string of the molecule is O=C(c1ccc(NC2=NC3CS(=O)(=O)CC3S2)cc1)N1CCCCCC1. The Balaban J connectivity index is 1.38. The van der Waals surface area contributed by atoms with Crippen molar-refractivity contribution in [3.05, 3.63) is 29.8 Å². The van der Waals surface area contributed by atoms with Crippen LogP contribution in [0.3, 0.4) is 0 Å². The first-order valence-corrected chi connectivity index (χ1v) is 11.8. The summed E-state index contributed by atoms with van der Waals surface area (Å²) in [6.07, 6.45) is 4.58. The minimum atomic E-state index is -2.93. The number of carbonyl (C=O) groups is 1. The highest BCUT2D eigenvalue weighted by Crippen LogP contribution is 2.34. The Morgan fingerprint density at radius 1 is 1.08 bits per heavy atom. The highest BCUT2D eigenvalue weighted by molar-refractivity contribution is 8.15. The van der Waals surface area contributed by atoms with Crippen LogP contribution in [0, 0.1) is 0 Å². The van der Waals surface area contributed by atoms with Crippen molar-refractivity contribution in [2.45, 2.75) is 37.0 Å². The lowest BCUT2D eigenvalue weighted by Crippen LogP contribution is -2.31. The zero-order valence-electron chi connectivity index (χ0n) is 14.6. The van der Waals surface area contributed by atoms with Crippen LogP contribution >= 0.6 is 11.8 Å². The average Bonchev–Trinajstić information content (AvgIpc) is 2.95. The molecule has 1 aromatic rings. The topological polar surface area (TPSA) is 78.8 Å². The number of aliphatic imine (C=N–C) groups is 1. The fraction of sp³-hybridized carbons (Fsp3) is 0.556. The summed E-state index contributed by atoms with van der Waals surface area (Å²) < 4.78 is 23.2. The zero-order chi connectivity index (χ0) is 18.1. The summed E-state index contributed by atoms with van der Waals surface area (Å²) in [5, 5.41) is 4.04. The van der Waals surface area contributed by atoms with Crippen LogP contribution in [0.25, 0.3) is 0 Å². The normalized spacial score (nSPS) is 27.5. The van der Waals surface area contributed by atoms with Gasteiger partial charge in [-0.05, 0) is 37.1 Å². The number of anilines is 1. The maximum absolute atomic E-state index is 12.6. The third-order valence-corrected chi connectivity index (χ3v) is 8.24. The Morgan fingerprint density at radius 2 is 1.77 bits per heavy atom. The van der Waals surface area contributed by atoms with Crippen LogP contribution in [-0.2, 0) is 9.84 Å². The summed E-state index contributed by atoms with van der Waals surface area (Å²) >= 11 is 1.50. The second kappa shape index (κ2) is 7.23. The monoisotopic (exact) mass is 393 g/mol. The van der Waals surface area contributed by atoms with Gasteiger partial charge in [0.1, 0.15) is 0 Å². The molecule has 0 saturated carbocycles. The van der Waals surface area contributed by atoms with Crippen LogP contribution < -0.4 is 5.32 Å². The van der Waals surface area contributed by atoms with Gasteiger partial charge < -0.3 is 10.2 Å². The number of hydrogen-bond donors (Lipinski definition) is 1. The molecule has 0 bridgehead atoms. The van der Waals surface area contributed by atoms with Crippen LogP contribution in [0.2, 0.25) is 0 Å². The van der Waals surface area contributed by atoms with E-state index in [4.69, 9.17) is 0 Å². The molecular formula is C18H23N3O3S2. The van der Waals surface area contributed by atoms with Gasteiger partial charge in [-0.15, -0.1) is 0 Å². The van der Waals surface area contributed by atoms with E-state index in [1.54, 1.807) is 0 Å². The summed E-state index contributed by atoms with van der Waals surface area (Å²) in [6, 6.07) is 7.34. The molecule has 1 amide bonds. The van der Waals surface area contributed by atoms with Gasteiger partial charge in [0.15, 0.2) is 15.0 Å². The van der Waals surface area contributed by atoms with Crippen molar-refractivity contribution in [1.82, 2.24) is 4.90 Å². The lowest BCUT2D eigenvalue weighted by atomic mass is 10.1. The van der Waals surface area contributed by atoms with E-state index in [0.717, 1.165) is 36.8 Å². The van der Waals surface area contributed by atoms with Crippen molar-refractivity contribution in [3.63, 3.8) is 0 Å². The third-order valence-electron chi connectivity index (χ3n) is 5.09. The number of sulfone groups is 1. The van der Waals surface area contributed by atoms with E-state index >= 15 is 0 Å². The Labute approximate surface area is 158 Å². The predicted octanol–water partition coefficient (Wildman–Crippen LogP) is 2.38. The van der Waals surface area contributed by atoms with Crippen LogP contribution in [0.4, 0.5) is 5.69 Å². The fourth-order valence-electron chi connectivity index (χ4n) is 3.69. The number of amidine groups is 1. The molecule has 8 heteroatoms. The summed E-state index contributed by atoms with van der Waals surface area (Å²) in [7, 11) is -2.93. The van der Waals surface area contributed by atoms with E-state index < -0.39 is 9.84 Å². The molecule has 6 nitrogen and oxygen atoms in total. The van der Waals surface area contributed by atoms with Gasteiger partial charge in [-0.25, -0.2) is 8.42 Å². The maximum Gasteiger partial charge on any atom is 0.253 e. The molecule has 3 aliphatic rings. The number of hydrogen-bond acceptors (Lipinski definition) is 6. The molecule has 26 heavy (non-hydrogen) atoms. The molecule has 0 aliphatic carbocycles. The number of benzene rings is 1. The second-order valence-corrected chi connectivity index (χ2v) is 10.5. The summed E-state index contributed by atoms with van der Waals surface area (Å²) in [5.74, 6) is 0.463. The zero-order valence-corrected chi connectivity index (χ0v) is 16.2. The highest BCUT2D eigenvalue weighted by atomic mass is 32.2. The van der Waals surface area contributed by atoms with Crippen LogP contribution in [-0.4, -0.2) is 60.3 Å². The predicted molar refractivity (Wildman–Crippen MR) is 106 cm³/mol. The first kappa shape index (κ1) is 17.9. The second-order valence-electron chi connectivity index (χ2n) is 7.14. The number of fused-ring (bicyclic) bond motifs is 1. The van der Waals surface area contributed by atoms with E-state index in [9.17, 15) is 13.2 Å². The van der Waals surface area contributed by atoms with Gasteiger partial charge in [0.25, 0.3) is 5.91 Å². The quantitative estimate of drug-likeness (QED) is 0.835. The molecule has 2 unspecified atom stereocenters. The van der Waals surface area contributed by atoms with Gasteiger partial charge in [-0.3, -0.25) is 9.79 Å². The van der Waals surface area contributed by atoms with E-state index in [1.165, 1.54) is 24.6 Å². The Kier molecular flexibility index (Phi) is 4.96. The number of thioether (sulfide) groups is 1. The van der Waals surface area contributed by atoms with Gasteiger partial charge in [-0.1, -0.05) is 24.6 Å². The number of amides is 1.